The molecule has 3 aromatic rings. The van der Waals surface area contributed by atoms with Gasteiger partial charge in [0.1, 0.15) is 5.75 Å². The average Bonchev–Trinajstić information content (AvgIpc) is 2.49. The van der Waals surface area contributed by atoms with Gasteiger partial charge in [-0.15, -0.1) is 0 Å². The van der Waals surface area contributed by atoms with E-state index in [9.17, 15) is 5.11 Å². The Kier molecular flexibility index (Phi) is 3.62. The first-order valence-corrected chi connectivity index (χ1v) is 7.28. The van der Waals surface area contributed by atoms with Crippen molar-refractivity contribution in [1.29, 1.82) is 0 Å². The lowest BCUT2D eigenvalue weighted by Crippen LogP contribution is -1.94. The maximum absolute atomic E-state index is 10.3. The van der Waals surface area contributed by atoms with Gasteiger partial charge >= 0.3 is 0 Å². The maximum atomic E-state index is 10.3. The number of fused-ring (bicyclic) bond motifs is 1. The second-order valence-corrected chi connectivity index (χ2v) is 5.79. The number of anilines is 1. The summed E-state index contributed by atoms with van der Waals surface area (Å²) in [7, 11) is 0. The molecule has 3 N–H and O–H groups in total. The summed E-state index contributed by atoms with van der Waals surface area (Å²) in [5.74, 6) is 0.106. The number of halogens is 3. The fraction of sp³-hybridized carbons (Fsp3) is 0. The zero-order valence-corrected chi connectivity index (χ0v) is 13.0. The average molecular weight is 339 g/mol. The highest BCUT2D eigenvalue weighted by Gasteiger charge is 2.18. The van der Waals surface area contributed by atoms with Crippen molar-refractivity contribution in [2.75, 3.05) is 5.73 Å². The largest absolute Gasteiger partial charge is 0.507 e. The molecular weight excluding hydrogens is 329 g/mol. The van der Waals surface area contributed by atoms with Crippen LogP contribution in [0.2, 0.25) is 15.1 Å². The number of phenolic OH excluding ortho intramolecular Hbond substituents is 1. The monoisotopic (exact) mass is 337 g/mol. The Morgan fingerprint density at radius 2 is 1.62 bits per heavy atom. The van der Waals surface area contributed by atoms with Crippen molar-refractivity contribution in [3.8, 4) is 16.9 Å². The Hall–Kier alpha value is -1.61. The lowest BCUT2D eigenvalue weighted by molar-refractivity contribution is 0.478. The summed E-state index contributed by atoms with van der Waals surface area (Å²) in [4.78, 5) is 0. The molecule has 0 fully saturated rings. The third-order valence-electron chi connectivity index (χ3n) is 3.38. The fourth-order valence-electron chi connectivity index (χ4n) is 2.36. The highest BCUT2D eigenvalue weighted by molar-refractivity contribution is 6.49. The third kappa shape index (κ3) is 2.30. The van der Waals surface area contributed by atoms with Gasteiger partial charge in [0.15, 0.2) is 0 Å². The van der Waals surface area contributed by atoms with Crippen LogP contribution in [0.4, 0.5) is 5.69 Å². The van der Waals surface area contributed by atoms with Gasteiger partial charge in [0.25, 0.3) is 0 Å². The number of hydrogen-bond donors (Lipinski definition) is 2. The molecule has 3 rings (SSSR count). The number of rotatable bonds is 1. The van der Waals surface area contributed by atoms with Gasteiger partial charge in [-0.05, 0) is 22.9 Å². The van der Waals surface area contributed by atoms with Crippen LogP contribution < -0.4 is 5.73 Å². The molecule has 0 heterocycles. The van der Waals surface area contributed by atoms with Crippen LogP contribution in [0.3, 0.4) is 0 Å². The summed E-state index contributed by atoms with van der Waals surface area (Å²) in [6.07, 6.45) is 0. The van der Waals surface area contributed by atoms with Crippen molar-refractivity contribution in [1.82, 2.24) is 0 Å². The molecule has 106 valence electrons. The van der Waals surface area contributed by atoms with Crippen LogP contribution in [0.1, 0.15) is 0 Å². The van der Waals surface area contributed by atoms with Crippen molar-refractivity contribution in [2.45, 2.75) is 0 Å². The first kappa shape index (κ1) is 14.3. The molecule has 0 saturated carbocycles. The standard InChI is InChI=1S/C16H10Cl3NO/c17-11-7-10(16(20)15(19)14(11)18)13-9-4-2-1-3-8(9)5-6-12(13)21/h1-7,21H,20H2. The van der Waals surface area contributed by atoms with Gasteiger partial charge in [-0.3, -0.25) is 0 Å². The van der Waals surface area contributed by atoms with Crippen molar-refractivity contribution in [2.24, 2.45) is 0 Å². The van der Waals surface area contributed by atoms with Gasteiger partial charge < -0.3 is 10.8 Å². The van der Waals surface area contributed by atoms with Gasteiger partial charge in [0, 0.05) is 11.1 Å². The number of nitrogens with two attached hydrogens (primary N) is 1. The lowest BCUT2D eigenvalue weighted by Gasteiger charge is -2.14. The quantitative estimate of drug-likeness (QED) is 0.438. The van der Waals surface area contributed by atoms with Gasteiger partial charge in [-0.25, -0.2) is 0 Å². The zero-order valence-electron chi connectivity index (χ0n) is 10.7. The molecule has 0 aromatic heterocycles. The predicted molar refractivity (Wildman–Crippen MR) is 90.5 cm³/mol. The summed E-state index contributed by atoms with van der Waals surface area (Å²) in [6.45, 7) is 0. The summed E-state index contributed by atoms with van der Waals surface area (Å²) < 4.78 is 0. The Balaban J connectivity index is 2.44. The Morgan fingerprint density at radius 3 is 2.38 bits per heavy atom. The number of phenols is 1. The molecular formula is C16H10Cl3NO. The van der Waals surface area contributed by atoms with Crippen LogP contribution in [0.15, 0.2) is 42.5 Å². The summed E-state index contributed by atoms with van der Waals surface area (Å²) in [6, 6.07) is 12.7. The van der Waals surface area contributed by atoms with E-state index >= 15 is 0 Å². The molecule has 0 saturated heterocycles. The summed E-state index contributed by atoms with van der Waals surface area (Å²) in [5, 5.41) is 12.8. The van der Waals surface area contributed by atoms with E-state index in [2.05, 4.69) is 0 Å². The molecule has 0 aliphatic heterocycles. The molecule has 0 unspecified atom stereocenters. The minimum absolute atomic E-state index is 0.106. The van der Waals surface area contributed by atoms with Crippen molar-refractivity contribution < 1.29 is 5.11 Å². The first-order chi connectivity index (χ1) is 10.0. The van der Waals surface area contributed by atoms with E-state index in [1.807, 2.05) is 30.3 Å². The van der Waals surface area contributed by atoms with Crippen LogP contribution in [-0.4, -0.2) is 5.11 Å². The molecule has 0 spiro atoms. The lowest BCUT2D eigenvalue weighted by atomic mass is 9.96. The van der Waals surface area contributed by atoms with Crippen molar-refractivity contribution >= 4 is 51.3 Å². The number of benzene rings is 3. The van der Waals surface area contributed by atoms with Crippen LogP contribution in [-0.2, 0) is 0 Å². The molecule has 0 atom stereocenters. The summed E-state index contributed by atoms with van der Waals surface area (Å²) >= 11 is 18.2. The normalized spacial score (nSPS) is 11.0. The Bertz CT molecular complexity index is 862. The predicted octanol–water partition coefficient (Wildman–Crippen LogP) is 5.75. The van der Waals surface area contributed by atoms with Crippen molar-refractivity contribution in [3.63, 3.8) is 0 Å². The minimum Gasteiger partial charge on any atom is -0.507 e. The van der Waals surface area contributed by atoms with Gasteiger partial charge in [0.2, 0.25) is 0 Å². The second-order valence-electron chi connectivity index (χ2n) is 4.63. The molecule has 0 amide bonds. The summed E-state index contributed by atoms with van der Waals surface area (Å²) in [5.41, 5.74) is 7.50. The maximum Gasteiger partial charge on any atom is 0.124 e. The molecule has 0 bridgehead atoms. The van der Waals surface area contributed by atoms with E-state index in [4.69, 9.17) is 40.5 Å². The molecule has 5 heteroatoms. The third-order valence-corrected chi connectivity index (χ3v) is 4.65. The fourth-order valence-corrected chi connectivity index (χ4v) is 2.97. The van der Waals surface area contributed by atoms with Crippen LogP contribution in [0.25, 0.3) is 21.9 Å². The van der Waals surface area contributed by atoms with Gasteiger partial charge in [-0.1, -0.05) is 65.1 Å². The highest BCUT2D eigenvalue weighted by atomic mass is 35.5. The molecule has 21 heavy (non-hydrogen) atoms. The van der Waals surface area contributed by atoms with Gasteiger partial charge in [0.05, 0.1) is 20.8 Å². The molecule has 0 aliphatic carbocycles. The van der Waals surface area contributed by atoms with E-state index in [0.717, 1.165) is 10.8 Å². The Labute approximate surface area is 136 Å². The van der Waals surface area contributed by atoms with Crippen LogP contribution in [0, 0.1) is 0 Å². The number of nitrogen functional groups attached to an aromatic ring is 1. The molecule has 0 radical (unpaired) electrons. The minimum atomic E-state index is 0.106. The zero-order chi connectivity index (χ0) is 15.1. The number of aromatic hydroxyl groups is 1. The number of hydrogen-bond acceptors (Lipinski definition) is 2. The van der Waals surface area contributed by atoms with Crippen LogP contribution >= 0.6 is 34.8 Å². The van der Waals surface area contributed by atoms with Crippen LogP contribution in [0.5, 0.6) is 5.75 Å². The second kappa shape index (κ2) is 5.30. The highest BCUT2D eigenvalue weighted by Crippen LogP contribution is 2.45. The Morgan fingerprint density at radius 1 is 0.905 bits per heavy atom. The molecule has 3 aromatic carbocycles. The first-order valence-electron chi connectivity index (χ1n) is 6.14. The van der Waals surface area contributed by atoms with E-state index in [-0.39, 0.29) is 21.5 Å². The van der Waals surface area contributed by atoms with E-state index in [1.54, 1.807) is 12.1 Å². The van der Waals surface area contributed by atoms with Gasteiger partial charge in [-0.2, -0.15) is 0 Å². The van der Waals surface area contributed by atoms with E-state index < -0.39 is 0 Å². The van der Waals surface area contributed by atoms with E-state index in [0.29, 0.717) is 16.1 Å². The SMILES string of the molecule is Nc1c(-c2c(O)ccc3ccccc23)cc(Cl)c(Cl)c1Cl. The van der Waals surface area contributed by atoms with E-state index in [1.165, 1.54) is 0 Å². The molecule has 2 nitrogen and oxygen atoms in total. The molecule has 0 aliphatic rings. The van der Waals surface area contributed by atoms with Crippen molar-refractivity contribution in [3.05, 3.63) is 57.5 Å². The smallest absolute Gasteiger partial charge is 0.124 e. The topological polar surface area (TPSA) is 46.2 Å².